The van der Waals surface area contributed by atoms with Crippen molar-refractivity contribution < 1.29 is 9.18 Å². The van der Waals surface area contributed by atoms with Crippen LogP contribution in [0.4, 0.5) is 10.2 Å². The second kappa shape index (κ2) is 9.70. The predicted molar refractivity (Wildman–Crippen MR) is 146 cm³/mol. The molecule has 41 heavy (non-hydrogen) atoms. The van der Waals surface area contributed by atoms with Gasteiger partial charge in [-0.3, -0.25) is 14.2 Å². The minimum absolute atomic E-state index is 0.00460. The fraction of sp³-hybridized carbons (Fsp3) is 0.259. The summed E-state index contributed by atoms with van der Waals surface area (Å²) in [5.74, 6) is 0.852. The highest BCUT2D eigenvalue weighted by Crippen LogP contribution is 2.39. The highest BCUT2D eigenvalue weighted by atomic mass is 35.5. The Morgan fingerprint density at radius 3 is 2.76 bits per heavy atom. The molecule has 0 spiro atoms. The molecule has 5 heterocycles. The molecule has 2 N–H and O–H groups in total. The average Bonchev–Trinajstić information content (AvgIpc) is 3.31. The van der Waals surface area contributed by atoms with Gasteiger partial charge in [0.2, 0.25) is 5.91 Å². The number of hydrogen-bond donors (Lipinski definition) is 2. The van der Waals surface area contributed by atoms with Gasteiger partial charge in [-0.05, 0) is 54.0 Å². The third kappa shape index (κ3) is 4.47. The minimum atomic E-state index is -0.721. The van der Waals surface area contributed by atoms with Crippen molar-refractivity contribution in [2.24, 2.45) is 5.92 Å². The fourth-order valence-electron chi connectivity index (χ4n) is 5.18. The van der Waals surface area contributed by atoms with Gasteiger partial charge in [0.25, 0.3) is 5.56 Å². The van der Waals surface area contributed by atoms with E-state index in [1.165, 1.54) is 23.1 Å². The average molecular weight is 573 g/mol. The number of carbonyl (C=O) groups is 1. The van der Waals surface area contributed by atoms with Gasteiger partial charge in [0.1, 0.15) is 23.8 Å². The molecule has 1 amide bonds. The second-order valence-corrected chi connectivity index (χ2v) is 10.7. The Balaban J connectivity index is 1.21. The number of carbonyl (C=O) groups excluding carboxylic acids is 1. The molecule has 0 saturated heterocycles. The largest absolute Gasteiger partial charge is 0.340 e. The van der Waals surface area contributed by atoms with E-state index in [-0.39, 0.29) is 39.6 Å². The molecule has 206 valence electrons. The zero-order chi connectivity index (χ0) is 28.2. The molecule has 5 aromatic rings. The number of halogens is 2. The van der Waals surface area contributed by atoms with E-state index in [0.29, 0.717) is 29.6 Å². The van der Waals surface area contributed by atoms with Gasteiger partial charge in [-0.1, -0.05) is 18.5 Å². The number of amides is 1. The Hall–Kier alpha value is -4.78. The van der Waals surface area contributed by atoms with E-state index < -0.39 is 11.9 Å². The highest BCUT2D eigenvalue weighted by molar-refractivity contribution is 6.31. The van der Waals surface area contributed by atoms with Gasteiger partial charge in [0.05, 0.1) is 39.9 Å². The van der Waals surface area contributed by atoms with Crippen LogP contribution in [-0.2, 0) is 4.79 Å². The van der Waals surface area contributed by atoms with Crippen molar-refractivity contribution in [2.45, 2.75) is 38.1 Å². The molecule has 4 aromatic heterocycles. The summed E-state index contributed by atoms with van der Waals surface area (Å²) in [5, 5.41) is 13.8. The first kappa shape index (κ1) is 25.2. The molecular weight excluding hydrogens is 551 g/mol. The van der Waals surface area contributed by atoms with Crippen LogP contribution in [0, 0.1) is 11.7 Å². The van der Waals surface area contributed by atoms with Crippen LogP contribution >= 0.6 is 11.6 Å². The highest BCUT2D eigenvalue weighted by Gasteiger charge is 2.34. The van der Waals surface area contributed by atoms with Gasteiger partial charge < -0.3 is 10.3 Å². The summed E-state index contributed by atoms with van der Waals surface area (Å²) in [6.45, 7) is 1.96. The Bertz CT molecular complexity index is 1850. The molecule has 1 fully saturated rings. The van der Waals surface area contributed by atoms with E-state index in [9.17, 15) is 9.59 Å². The Morgan fingerprint density at radius 2 is 2.02 bits per heavy atom. The normalized spacial score (nSPS) is 17.9. The minimum Gasteiger partial charge on any atom is -0.340 e. The van der Waals surface area contributed by atoms with Crippen molar-refractivity contribution in [2.75, 3.05) is 5.32 Å². The molecule has 12 nitrogen and oxygen atoms in total. The van der Waals surface area contributed by atoms with Crippen LogP contribution in [0.3, 0.4) is 0 Å². The number of pyridine rings is 1. The number of rotatable bonds is 6. The van der Waals surface area contributed by atoms with Crippen LogP contribution in [0.5, 0.6) is 0 Å². The first-order valence-corrected chi connectivity index (χ1v) is 13.4. The lowest BCUT2D eigenvalue weighted by Gasteiger charge is -2.15. The molecule has 14 heteroatoms. The van der Waals surface area contributed by atoms with Gasteiger partial charge in [-0.15, -0.1) is 5.10 Å². The molecule has 0 bridgehead atoms. The van der Waals surface area contributed by atoms with E-state index in [2.05, 4.69) is 35.8 Å². The molecule has 7 rings (SSSR count). The number of aromatic amines is 1. The predicted octanol–water partition coefficient (Wildman–Crippen LogP) is 3.91. The van der Waals surface area contributed by atoms with E-state index >= 15 is 4.39 Å². The number of hydrogen-bond acceptors (Lipinski definition) is 8. The van der Waals surface area contributed by atoms with Crippen LogP contribution in [0.2, 0.25) is 5.02 Å². The summed E-state index contributed by atoms with van der Waals surface area (Å²) in [6, 6.07) is 7.47. The van der Waals surface area contributed by atoms with Crippen LogP contribution in [-0.4, -0.2) is 50.6 Å². The molecule has 1 aliphatic heterocycles. The number of nitrogens with one attached hydrogen (secondary N) is 2. The van der Waals surface area contributed by atoms with Crippen molar-refractivity contribution in [1.82, 2.24) is 44.7 Å². The van der Waals surface area contributed by atoms with Crippen LogP contribution in [0.1, 0.15) is 49.8 Å². The quantitative estimate of drug-likeness (QED) is 0.311. The standard InChI is InChI=1S/C27H22ClFN10O2/c1-13-8-20(25-31-11-18(33-25)15-4-7-21(30-10-15)35-27(41)14-2-3-14)39-22(40)9-17(34-26(13)39)23-19(38-12-32-36-37-38)6-5-16(28)24(23)29/h4-7,9-14,20H,2-3,8H2,1H3,(H,31,33)(H,30,35,41)/t13-,20+/m0/s1. The molecule has 1 aromatic carbocycles. The molecule has 2 atom stereocenters. The third-order valence-corrected chi connectivity index (χ3v) is 7.71. The van der Waals surface area contributed by atoms with E-state index in [1.807, 2.05) is 13.0 Å². The molecule has 1 aliphatic carbocycles. The number of aromatic nitrogens is 9. The fourth-order valence-corrected chi connectivity index (χ4v) is 5.34. The van der Waals surface area contributed by atoms with Gasteiger partial charge >= 0.3 is 0 Å². The number of nitrogens with zero attached hydrogens (tertiary/aromatic N) is 8. The van der Waals surface area contributed by atoms with Crippen molar-refractivity contribution >= 4 is 23.3 Å². The summed E-state index contributed by atoms with van der Waals surface area (Å²) >= 11 is 6.10. The number of imidazole rings is 1. The number of tetrazole rings is 1. The van der Waals surface area contributed by atoms with Gasteiger partial charge in [0.15, 0.2) is 5.82 Å². The number of anilines is 1. The lowest BCUT2D eigenvalue weighted by molar-refractivity contribution is -0.117. The summed E-state index contributed by atoms with van der Waals surface area (Å²) in [7, 11) is 0. The maximum atomic E-state index is 15.3. The van der Waals surface area contributed by atoms with Gasteiger partial charge in [-0.25, -0.2) is 19.3 Å². The zero-order valence-electron chi connectivity index (χ0n) is 21.6. The topological polar surface area (TPSA) is 149 Å². The monoisotopic (exact) mass is 572 g/mol. The van der Waals surface area contributed by atoms with E-state index in [4.69, 9.17) is 16.6 Å². The van der Waals surface area contributed by atoms with Crippen molar-refractivity contribution in [3.8, 4) is 28.2 Å². The maximum absolute atomic E-state index is 15.3. The van der Waals surface area contributed by atoms with E-state index in [1.54, 1.807) is 29.1 Å². The van der Waals surface area contributed by atoms with Crippen LogP contribution in [0.25, 0.3) is 28.2 Å². The van der Waals surface area contributed by atoms with Crippen molar-refractivity contribution in [3.05, 3.63) is 81.9 Å². The zero-order valence-corrected chi connectivity index (χ0v) is 22.4. The van der Waals surface area contributed by atoms with Crippen LogP contribution < -0.4 is 10.9 Å². The lowest BCUT2D eigenvalue weighted by Crippen LogP contribution is -2.25. The Kier molecular flexibility index (Phi) is 5.96. The van der Waals surface area contributed by atoms with Gasteiger partial charge in [0, 0.05) is 29.7 Å². The smallest absolute Gasteiger partial charge is 0.254 e. The third-order valence-electron chi connectivity index (χ3n) is 7.42. The Labute approximate surface area is 236 Å². The summed E-state index contributed by atoms with van der Waals surface area (Å²) in [4.78, 5) is 42.5. The molecule has 0 radical (unpaired) electrons. The van der Waals surface area contributed by atoms with Crippen LogP contribution in [0.15, 0.2) is 53.8 Å². The lowest BCUT2D eigenvalue weighted by atomic mass is 10.1. The first-order valence-electron chi connectivity index (χ1n) is 13.0. The first-order chi connectivity index (χ1) is 19.9. The summed E-state index contributed by atoms with van der Waals surface area (Å²) < 4.78 is 18.2. The SMILES string of the molecule is C[C@H]1C[C@H](c2ncc(-c3ccc(NC(=O)C4CC4)nc3)[nH]2)n2c1nc(-c1c(-n3cnnn3)ccc(Cl)c1F)cc2=O. The van der Waals surface area contributed by atoms with E-state index in [0.717, 1.165) is 24.1 Å². The van der Waals surface area contributed by atoms with Crippen molar-refractivity contribution in [3.63, 3.8) is 0 Å². The summed E-state index contributed by atoms with van der Waals surface area (Å²) in [6.07, 6.45) is 7.08. The van der Waals surface area contributed by atoms with Crippen molar-refractivity contribution in [1.29, 1.82) is 0 Å². The van der Waals surface area contributed by atoms with Gasteiger partial charge in [-0.2, -0.15) is 4.68 Å². The maximum Gasteiger partial charge on any atom is 0.254 e. The summed E-state index contributed by atoms with van der Waals surface area (Å²) in [5.41, 5.74) is 1.63. The molecule has 2 aliphatic rings. The molecule has 0 unspecified atom stereocenters. The Morgan fingerprint density at radius 1 is 1.17 bits per heavy atom. The molecule has 1 saturated carbocycles. The molecular formula is C27H22ClFN10O2. The number of benzene rings is 1. The number of H-pyrrole nitrogens is 1. The number of fused-ring (bicyclic) bond motifs is 1. The second-order valence-electron chi connectivity index (χ2n) is 10.2.